The Labute approximate surface area is 190 Å². The van der Waals surface area contributed by atoms with E-state index in [1.165, 1.54) is 9.13 Å². The summed E-state index contributed by atoms with van der Waals surface area (Å²) in [6, 6.07) is 15.4. The van der Waals surface area contributed by atoms with E-state index in [1.807, 2.05) is 60.0 Å². The number of aryl methyl sites for hydroxylation is 2. The quantitative estimate of drug-likeness (QED) is 0.478. The Morgan fingerprint density at radius 1 is 1.09 bits per heavy atom. The maximum absolute atomic E-state index is 13.6. The topological polar surface area (TPSA) is 65.1 Å². The number of fused-ring (bicyclic) bond motifs is 3. The van der Waals surface area contributed by atoms with E-state index < -0.39 is 0 Å². The molecule has 0 spiro atoms. The molecule has 1 aliphatic heterocycles. The lowest BCUT2D eigenvalue weighted by molar-refractivity contribution is 0.458. The minimum absolute atomic E-state index is 0.218. The highest BCUT2D eigenvalue weighted by Crippen LogP contribution is 2.33. The molecule has 32 heavy (non-hydrogen) atoms. The van der Waals surface area contributed by atoms with E-state index in [2.05, 4.69) is 11.8 Å². The predicted octanol–water partition coefficient (Wildman–Crippen LogP) is 3.69. The van der Waals surface area contributed by atoms with Crippen LogP contribution in [0.1, 0.15) is 18.1 Å². The van der Waals surface area contributed by atoms with Gasteiger partial charge in [-0.05, 0) is 36.6 Å². The maximum Gasteiger partial charge on any atom is 0.332 e. The molecule has 1 atom stereocenters. The van der Waals surface area contributed by atoms with Crippen LogP contribution >= 0.6 is 11.6 Å². The second-order valence-electron chi connectivity index (χ2n) is 8.61. The van der Waals surface area contributed by atoms with Gasteiger partial charge < -0.3 is 9.47 Å². The minimum Gasteiger partial charge on any atom is -0.312 e. The highest BCUT2D eigenvalue weighted by Gasteiger charge is 2.30. The predicted molar refractivity (Wildman–Crippen MR) is 127 cm³/mol. The average molecular weight is 450 g/mol. The van der Waals surface area contributed by atoms with Crippen LogP contribution in [0, 0.1) is 12.8 Å². The third-order valence-electron chi connectivity index (χ3n) is 6.02. The van der Waals surface area contributed by atoms with Crippen LogP contribution in [-0.4, -0.2) is 25.2 Å². The molecule has 164 valence electrons. The second-order valence-corrected chi connectivity index (χ2v) is 9.05. The number of rotatable bonds is 3. The molecule has 2 aromatic carbocycles. The van der Waals surface area contributed by atoms with Crippen LogP contribution in [0.4, 0.5) is 11.6 Å². The van der Waals surface area contributed by atoms with Crippen molar-refractivity contribution in [2.75, 3.05) is 11.4 Å². The Bertz CT molecular complexity index is 1450. The van der Waals surface area contributed by atoms with Crippen molar-refractivity contribution in [3.8, 4) is 0 Å². The number of halogens is 1. The molecule has 3 heterocycles. The van der Waals surface area contributed by atoms with E-state index in [0.29, 0.717) is 28.7 Å². The second kappa shape index (κ2) is 7.67. The van der Waals surface area contributed by atoms with E-state index in [9.17, 15) is 9.59 Å². The Morgan fingerprint density at radius 3 is 2.56 bits per heavy atom. The van der Waals surface area contributed by atoms with Crippen molar-refractivity contribution in [3.63, 3.8) is 0 Å². The Kier molecular flexibility index (Phi) is 4.93. The van der Waals surface area contributed by atoms with Crippen LogP contribution in [0.25, 0.3) is 11.2 Å². The van der Waals surface area contributed by atoms with Crippen molar-refractivity contribution in [3.05, 3.63) is 85.5 Å². The molecular formula is C24H24ClN5O2. The molecule has 8 heteroatoms. The fraction of sp³-hybridized carbons (Fsp3) is 0.292. The number of imidazole rings is 1. The standard InChI is InChI=1S/C24H24ClN5O2/c1-15-7-9-17(10-8-15)14-30-22(31)20-21(27(3)24(30)32)26-23-28(12-16(2)13-29(20)23)19-6-4-5-18(25)11-19/h4-11,16H,12-14H2,1-3H3. The summed E-state index contributed by atoms with van der Waals surface area (Å²) in [6.07, 6.45) is 0. The van der Waals surface area contributed by atoms with Gasteiger partial charge in [-0.2, -0.15) is 4.98 Å². The molecule has 0 amide bonds. The number of anilines is 2. The summed E-state index contributed by atoms with van der Waals surface area (Å²) in [5.41, 5.74) is 3.10. The molecule has 0 radical (unpaired) electrons. The molecule has 0 saturated carbocycles. The molecule has 1 unspecified atom stereocenters. The summed E-state index contributed by atoms with van der Waals surface area (Å²) < 4.78 is 4.71. The number of hydrogen-bond acceptors (Lipinski definition) is 4. The Balaban J connectivity index is 1.72. The van der Waals surface area contributed by atoms with Gasteiger partial charge in [-0.25, -0.2) is 4.79 Å². The number of benzene rings is 2. The van der Waals surface area contributed by atoms with Gasteiger partial charge in [-0.3, -0.25) is 13.9 Å². The zero-order valence-electron chi connectivity index (χ0n) is 18.2. The fourth-order valence-electron chi connectivity index (χ4n) is 4.38. The first-order valence-corrected chi connectivity index (χ1v) is 11.0. The van der Waals surface area contributed by atoms with E-state index in [0.717, 1.165) is 23.4 Å². The molecule has 0 N–H and O–H groups in total. The lowest BCUT2D eigenvalue weighted by Gasteiger charge is -2.33. The van der Waals surface area contributed by atoms with Gasteiger partial charge in [0.05, 0.1) is 6.54 Å². The average Bonchev–Trinajstić information content (AvgIpc) is 3.15. The maximum atomic E-state index is 13.6. The van der Waals surface area contributed by atoms with Crippen molar-refractivity contribution < 1.29 is 0 Å². The molecule has 7 nitrogen and oxygen atoms in total. The van der Waals surface area contributed by atoms with E-state index in [1.54, 1.807) is 7.05 Å². The lowest BCUT2D eigenvalue weighted by atomic mass is 10.1. The smallest absolute Gasteiger partial charge is 0.312 e. The van der Waals surface area contributed by atoms with Gasteiger partial charge in [0.1, 0.15) is 0 Å². The number of nitrogens with zero attached hydrogens (tertiary/aromatic N) is 5. The Morgan fingerprint density at radius 2 is 1.84 bits per heavy atom. The molecule has 2 aromatic heterocycles. The van der Waals surface area contributed by atoms with Crippen LogP contribution in [0.3, 0.4) is 0 Å². The van der Waals surface area contributed by atoms with E-state index in [-0.39, 0.29) is 23.7 Å². The summed E-state index contributed by atoms with van der Waals surface area (Å²) in [5.74, 6) is 0.932. The molecule has 0 fully saturated rings. The van der Waals surface area contributed by atoms with Crippen molar-refractivity contribution in [2.24, 2.45) is 13.0 Å². The van der Waals surface area contributed by atoms with Gasteiger partial charge in [0.25, 0.3) is 5.56 Å². The summed E-state index contributed by atoms with van der Waals surface area (Å²) in [4.78, 5) is 33.5. The van der Waals surface area contributed by atoms with Crippen molar-refractivity contribution in [1.29, 1.82) is 0 Å². The van der Waals surface area contributed by atoms with Crippen molar-refractivity contribution in [1.82, 2.24) is 18.7 Å². The van der Waals surface area contributed by atoms with E-state index in [4.69, 9.17) is 16.6 Å². The fourth-order valence-corrected chi connectivity index (χ4v) is 4.57. The largest absolute Gasteiger partial charge is 0.332 e. The zero-order chi connectivity index (χ0) is 22.6. The highest BCUT2D eigenvalue weighted by atomic mass is 35.5. The third kappa shape index (κ3) is 3.33. The summed E-state index contributed by atoms with van der Waals surface area (Å²) in [5, 5.41) is 0.635. The van der Waals surface area contributed by atoms with Crippen LogP contribution in [-0.2, 0) is 20.1 Å². The molecule has 0 aliphatic carbocycles. The number of hydrogen-bond donors (Lipinski definition) is 0. The van der Waals surface area contributed by atoms with Gasteiger partial charge >= 0.3 is 5.69 Å². The Hall–Kier alpha value is -3.32. The normalized spacial score (nSPS) is 15.9. The molecular weight excluding hydrogens is 426 g/mol. The lowest BCUT2D eigenvalue weighted by Crippen LogP contribution is -2.40. The minimum atomic E-state index is -0.374. The third-order valence-corrected chi connectivity index (χ3v) is 6.26. The first-order valence-electron chi connectivity index (χ1n) is 10.6. The monoisotopic (exact) mass is 449 g/mol. The van der Waals surface area contributed by atoms with Crippen LogP contribution in [0.5, 0.6) is 0 Å². The highest BCUT2D eigenvalue weighted by molar-refractivity contribution is 6.30. The van der Waals surface area contributed by atoms with Gasteiger partial charge in [-0.15, -0.1) is 0 Å². The van der Waals surface area contributed by atoms with Crippen LogP contribution in [0.15, 0.2) is 58.1 Å². The van der Waals surface area contributed by atoms with Gasteiger partial charge in [0.2, 0.25) is 5.95 Å². The van der Waals surface area contributed by atoms with Gasteiger partial charge in [-0.1, -0.05) is 54.4 Å². The molecule has 0 bridgehead atoms. The zero-order valence-corrected chi connectivity index (χ0v) is 19.0. The molecule has 5 rings (SSSR count). The van der Waals surface area contributed by atoms with Crippen LogP contribution < -0.4 is 16.1 Å². The first-order chi connectivity index (χ1) is 15.3. The van der Waals surface area contributed by atoms with Gasteiger partial charge in [0, 0.05) is 30.8 Å². The molecule has 4 aromatic rings. The molecule has 0 saturated heterocycles. The van der Waals surface area contributed by atoms with Crippen LogP contribution in [0.2, 0.25) is 5.02 Å². The first kappa shape index (κ1) is 20.6. The molecule has 1 aliphatic rings. The summed E-state index contributed by atoms with van der Waals surface area (Å²) >= 11 is 6.23. The van der Waals surface area contributed by atoms with Crippen molar-refractivity contribution in [2.45, 2.75) is 26.9 Å². The van der Waals surface area contributed by atoms with Gasteiger partial charge in [0.15, 0.2) is 11.2 Å². The van der Waals surface area contributed by atoms with E-state index >= 15 is 0 Å². The SMILES string of the molecule is Cc1ccc(Cn2c(=O)c3c(nc4n3CC(C)CN4c3cccc(Cl)c3)n(C)c2=O)cc1. The summed E-state index contributed by atoms with van der Waals surface area (Å²) in [7, 11) is 1.67. The summed E-state index contributed by atoms with van der Waals surface area (Å²) in [6.45, 7) is 5.76. The number of aromatic nitrogens is 4. The van der Waals surface area contributed by atoms with Crippen molar-refractivity contribution >= 4 is 34.4 Å².